The van der Waals surface area contributed by atoms with Crippen LogP contribution in [0.3, 0.4) is 0 Å². The van der Waals surface area contributed by atoms with Crippen LogP contribution in [0.1, 0.15) is 26.3 Å². The van der Waals surface area contributed by atoms with Gasteiger partial charge in [-0.2, -0.15) is 0 Å². The third kappa shape index (κ3) is 2.59. The molecule has 0 saturated carbocycles. The molecule has 0 bridgehead atoms. The van der Waals surface area contributed by atoms with Crippen LogP contribution in [0, 0.1) is 11.5 Å². The van der Waals surface area contributed by atoms with E-state index in [2.05, 4.69) is 63.2 Å². The third-order valence-electron chi connectivity index (χ3n) is 2.44. The van der Waals surface area contributed by atoms with Crippen LogP contribution in [-0.4, -0.2) is 0 Å². The molecule has 0 aliphatic carbocycles. The summed E-state index contributed by atoms with van der Waals surface area (Å²) in [5.41, 5.74) is 1.64. The van der Waals surface area contributed by atoms with Gasteiger partial charge in [-0.05, 0) is 34.2 Å². The van der Waals surface area contributed by atoms with Crippen LogP contribution in [0.2, 0.25) is 0 Å². The maximum Gasteiger partial charge on any atom is -0.00641 e. The lowest BCUT2D eigenvalue weighted by atomic mass is 9.87. The normalized spacial score (nSPS) is 11.9. The second kappa shape index (κ2) is 3.69. The smallest absolute Gasteiger partial charge is 0.00641 e. The molecule has 2 rings (SSSR count). The zero-order chi connectivity index (χ0) is 10.9. The van der Waals surface area contributed by atoms with E-state index < -0.39 is 0 Å². The van der Waals surface area contributed by atoms with Crippen molar-refractivity contribution >= 4 is 10.8 Å². The predicted octanol–water partition coefficient (Wildman–Crippen LogP) is 4.23. The summed E-state index contributed by atoms with van der Waals surface area (Å²) in [6, 6.07) is 16.3. The molecule has 15 heavy (non-hydrogen) atoms. The first kappa shape index (κ1) is 10.2. The van der Waals surface area contributed by atoms with Crippen LogP contribution >= 0.6 is 0 Å². The first-order valence-electron chi connectivity index (χ1n) is 5.45. The molecule has 0 aromatic heterocycles. The first-order chi connectivity index (χ1) is 7.04. The number of benzene rings is 2. The number of fused-ring (bicyclic) bond motifs is 1. The molecule has 0 aliphatic heterocycles. The van der Waals surface area contributed by atoms with E-state index in [1.54, 1.807) is 0 Å². The minimum Gasteiger partial charge on any atom is -0.0616 e. The van der Waals surface area contributed by atoms with Gasteiger partial charge < -0.3 is 0 Å². The molecular formula is C15H17. The van der Waals surface area contributed by atoms with Crippen molar-refractivity contribution in [2.24, 2.45) is 5.41 Å². The second-order valence-corrected chi connectivity index (χ2v) is 5.31. The van der Waals surface area contributed by atoms with Gasteiger partial charge in [0.25, 0.3) is 0 Å². The van der Waals surface area contributed by atoms with Gasteiger partial charge in [-0.15, -0.1) is 0 Å². The van der Waals surface area contributed by atoms with Gasteiger partial charge in [-0.25, -0.2) is 0 Å². The molecule has 0 fully saturated rings. The van der Waals surface area contributed by atoms with E-state index >= 15 is 0 Å². The minimum absolute atomic E-state index is 0.332. The van der Waals surface area contributed by atoms with E-state index in [0.717, 1.165) is 6.42 Å². The SMILES string of the molecule is CC(C)(C)Cc1[c]c2ccccc2cc1. The second-order valence-electron chi connectivity index (χ2n) is 5.31. The number of hydrogen-bond donors (Lipinski definition) is 0. The van der Waals surface area contributed by atoms with Crippen molar-refractivity contribution in [2.45, 2.75) is 27.2 Å². The Morgan fingerprint density at radius 1 is 1.00 bits per heavy atom. The van der Waals surface area contributed by atoms with Crippen molar-refractivity contribution in [3.8, 4) is 0 Å². The van der Waals surface area contributed by atoms with Crippen molar-refractivity contribution < 1.29 is 0 Å². The van der Waals surface area contributed by atoms with E-state index in [4.69, 9.17) is 0 Å². The summed E-state index contributed by atoms with van der Waals surface area (Å²) < 4.78 is 0. The summed E-state index contributed by atoms with van der Waals surface area (Å²) in [5, 5.41) is 2.49. The lowest BCUT2D eigenvalue weighted by Gasteiger charge is -2.18. The fourth-order valence-corrected chi connectivity index (χ4v) is 1.84. The van der Waals surface area contributed by atoms with E-state index in [0.29, 0.717) is 5.41 Å². The molecule has 2 aromatic rings. The van der Waals surface area contributed by atoms with Crippen molar-refractivity contribution in [1.29, 1.82) is 0 Å². The molecule has 2 aromatic carbocycles. The van der Waals surface area contributed by atoms with Crippen LogP contribution in [-0.2, 0) is 6.42 Å². The maximum absolute atomic E-state index is 3.48. The minimum atomic E-state index is 0.332. The molecule has 0 amide bonds. The van der Waals surface area contributed by atoms with E-state index in [9.17, 15) is 0 Å². The van der Waals surface area contributed by atoms with Gasteiger partial charge in [0.1, 0.15) is 0 Å². The standard InChI is InChI=1S/C15H17/c1-15(2,3)11-12-8-9-13-6-4-5-7-14(13)10-12/h4-9H,11H2,1-3H3. The van der Waals surface area contributed by atoms with Crippen LogP contribution in [0.15, 0.2) is 36.4 Å². The molecule has 0 nitrogen and oxygen atoms in total. The predicted molar refractivity (Wildman–Crippen MR) is 65.9 cm³/mol. The summed E-state index contributed by atoms with van der Waals surface area (Å²) in [6.45, 7) is 6.78. The van der Waals surface area contributed by atoms with Crippen molar-refractivity contribution in [1.82, 2.24) is 0 Å². The third-order valence-corrected chi connectivity index (χ3v) is 2.44. The fraction of sp³-hybridized carbons (Fsp3) is 0.333. The lowest BCUT2D eigenvalue weighted by Crippen LogP contribution is -2.08. The van der Waals surface area contributed by atoms with Gasteiger partial charge in [-0.3, -0.25) is 0 Å². The Kier molecular flexibility index (Phi) is 2.52. The van der Waals surface area contributed by atoms with Crippen LogP contribution < -0.4 is 0 Å². The Morgan fingerprint density at radius 3 is 2.47 bits per heavy atom. The molecule has 77 valence electrons. The molecule has 0 aliphatic rings. The van der Waals surface area contributed by atoms with Gasteiger partial charge in [0.05, 0.1) is 0 Å². The highest BCUT2D eigenvalue weighted by Gasteiger charge is 2.11. The average molecular weight is 197 g/mol. The van der Waals surface area contributed by atoms with Gasteiger partial charge in [-0.1, -0.05) is 57.2 Å². The highest BCUT2D eigenvalue weighted by Crippen LogP contribution is 2.22. The topological polar surface area (TPSA) is 0 Å². The molecule has 0 spiro atoms. The number of rotatable bonds is 1. The van der Waals surface area contributed by atoms with E-state index in [1.807, 2.05) is 0 Å². The van der Waals surface area contributed by atoms with Crippen LogP contribution in [0.5, 0.6) is 0 Å². The summed E-state index contributed by atoms with van der Waals surface area (Å²) in [6.07, 6.45) is 1.08. The Bertz CT molecular complexity index is 461. The lowest BCUT2D eigenvalue weighted by molar-refractivity contribution is 0.411. The molecule has 0 heterocycles. The van der Waals surface area contributed by atoms with Crippen molar-refractivity contribution in [3.63, 3.8) is 0 Å². The molecule has 0 heteroatoms. The Hall–Kier alpha value is -1.30. The van der Waals surface area contributed by atoms with Crippen molar-refractivity contribution in [2.75, 3.05) is 0 Å². The molecule has 0 atom stereocenters. The Labute approximate surface area is 91.9 Å². The monoisotopic (exact) mass is 197 g/mol. The van der Waals surface area contributed by atoms with E-state index in [1.165, 1.54) is 16.3 Å². The maximum atomic E-state index is 3.48. The van der Waals surface area contributed by atoms with Crippen LogP contribution in [0.4, 0.5) is 0 Å². The Balaban J connectivity index is 2.39. The first-order valence-corrected chi connectivity index (χ1v) is 5.45. The van der Waals surface area contributed by atoms with Gasteiger partial charge >= 0.3 is 0 Å². The highest BCUT2D eigenvalue weighted by atomic mass is 14.2. The molecule has 1 radical (unpaired) electrons. The zero-order valence-electron chi connectivity index (χ0n) is 9.67. The average Bonchev–Trinajstić information content (AvgIpc) is 2.15. The van der Waals surface area contributed by atoms with Crippen molar-refractivity contribution in [3.05, 3.63) is 48.0 Å². The zero-order valence-corrected chi connectivity index (χ0v) is 9.67. The molecular weight excluding hydrogens is 180 g/mol. The highest BCUT2D eigenvalue weighted by molar-refractivity contribution is 5.82. The largest absolute Gasteiger partial charge is 0.0616 e. The fourth-order valence-electron chi connectivity index (χ4n) is 1.84. The van der Waals surface area contributed by atoms with E-state index in [-0.39, 0.29) is 0 Å². The number of hydrogen-bond acceptors (Lipinski definition) is 0. The molecule has 0 unspecified atom stereocenters. The summed E-state index contributed by atoms with van der Waals surface area (Å²) in [4.78, 5) is 0. The Morgan fingerprint density at radius 2 is 1.73 bits per heavy atom. The quantitative estimate of drug-likeness (QED) is 0.641. The molecule has 0 saturated heterocycles. The summed E-state index contributed by atoms with van der Waals surface area (Å²) in [5.74, 6) is 0. The molecule has 0 N–H and O–H groups in total. The van der Waals surface area contributed by atoms with Gasteiger partial charge in [0.2, 0.25) is 0 Å². The van der Waals surface area contributed by atoms with Gasteiger partial charge in [0.15, 0.2) is 0 Å². The van der Waals surface area contributed by atoms with Crippen LogP contribution in [0.25, 0.3) is 10.8 Å². The van der Waals surface area contributed by atoms with Gasteiger partial charge in [0, 0.05) is 0 Å². The summed E-state index contributed by atoms with van der Waals surface area (Å²) in [7, 11) is 0. The summed E-state index contributed by atoms with van der Waals surface area (Å²) >= 11 is 0.